The van der Waals surface area contributed by atoms with E-state index in [9.17, 15) is 23.7 Å². The summed E-state index contributed by atoms with van der Waals surface area (Å²) < 4.78 is 32.0. The Morgan fingerprint density at radius 3 is 2.46 bits per heavy atom. The van der Waals surface area contributed by atoms with Crippen LogP contribution in [0.3, 0.4) is 0 Å². The molecule has 1 unspecified atom stereocenters. The van der Waals surface area contributed by atoms with Crippen LogP contribution in [0.4, 0.5) is 16.2 Å². The Hall–Kier alpha value is -3.09. The van der Waals surface area contributed by atoms with Crippen LogP contribution < -0.4 is 4.31 Å². The molecular formula is C25H28BrN4O6S-. The molecular weight excluding hydrogens is 564 g/mol. The van der Waals surface area contributed by atoms with Crippen molar-refractivity contribution in [2.75, 3.05) is 23.9 Å². The van der Waals surface area contributed by atoms with Gasteiger partial charge in [-0.2, -0.15) is 0 Å². The van der Waals surface area contributed by atoms with Crippen LogP contribution in [0.15, 0.2) is 59.3 Å². The van der Waals surface area contributed by atoms with Crippen LogP contribution in [-0.4, -0.2) is 54.9 Å². The highest BCUT2D eigenvalue weighted by molar-refractivity contribution is 9.10. The number of hydrogen-bond donors (Lipinski definition) is 0. The van der Waals surface area contributed by atoms with Crippen LogP contribution in [0, 0.1) is 10.1 Å². The lowest BCUT2D eigenvalue weighted by Gasteiger charge is -2.32. The molecule has 3 rings (SSSR count). The largest absolute Gasteiger partial charge is 0.755 e. The number of aromatic nitrogens is 1. The van der Waals surface area contributed by atoms with Gasteiger partial charge in [0.1, 0.15) is 5.60 Å². The predicted octanol–water partition coefficient (Wildman–Crippen LogP) is 5.38. The lowest BCUT2D eigenvalue weighted by Crippen LogP contribution is -2.42. The lowest BCUT2D eigenvalue weighted by atomic mass is 10.1. The molecule has 0 radical (unpaired) electrons. The number of nitrogens with zero attached hydrogens (tertiary/aromatic N) is 4. The van der Waals surface area contributed by atoms with Gasteiger partial charge in [0.25, 0.3) is 5.69 Å². The number of amides is 1. The third-order valence-electron chi connectivity index (χ3n) is 5.41. The number of rotatable bonds is 10. The average Bonchev–Trinajstić information content (AvgIpc) is 2.81. The number of fused-ring (bicyclic) bond motifs is 1. The molecule has 0 saturated heterocycles. The van der Waals surface area contributed by atoms with E-state index in [1.807, 2.05) is 6.07 Å². The molecule has 0 bridgehead atoms. The summed E-state index contributed by atoms with van der Waals surface area (Å²) in [5, 5.41) is 12.4. The summed E-state index contributed by atoms with van der Waals surface area (Å²) in [5.41, 5.74) is 0.657. The Balaban J connectivity index is 1.76. The Labute approximate surface area is 226 Å². The van der Waals surface area contributed by atoms with Gasteiger partial charge in [-0.3, -0.25) is 19.3 Å². The molecule has 0 N–H and O–H groups in total. The molecule has 0 saturated carbocycles. The molecule has 0 aliphatic rings. The van der Waals surface area contributed by atoms with Gasteiger partial charge in [-0.25, -0.2) is 4.79 Å². The minimum absolute atomic E-state index is 0.0145. The summed E-state index contributed by atoms with van der Waals surface area (Å²) >= 11 is 0.828. The summed E-state index contributed by atoms with van der Waals surface area (Å²) in [6.07, 6.45) is 3.84. The van der Waals surface area contributed by atoms with Gasteiger partial charge in [0.05, 0.1) is 10.6 Å². The normalized spacial score (nSPS) is 12.2. The maximum Gasteiger partial charge on any atom is 0.410 e. The van der Waals surface area contributed by atoms with Crippen LogP contribution >= 0.6 is 15.9 Å². The molecule has 12 heteroatoms. The van der Waals surface area contributed by atoms with Gasteiger partial charge in [-0.05, 0) is 57.4 Å². The van der Waals surface area contributed by atoms with E-state index in [4.69, 9.17) is 4.74 Å². The first kappa shape index (κ1) is 28.5. The summed E-state index contributed by atoms with van der Waals surface area (Å²) in [6, 6.07) is 11.6. The second-order valence-corrected chi connectivity index (χ2v) is 11.1. The van der Waals surface area contributed by atoms with Crippen molar-refractivity contribution < 1.29 is 23.2 Å². The van der Waals surface area contributed by atoms with Gasteiger partial charge in [0.15, 0.2) is 0 Å². The number of halogens is 1. The molecule has 10 nitrogen and oxygen atoms in total. The molecule has 0 aliphatic heterocycles. The Morgan fingerprint density at radius 2 is 1.84 bits per heavy atom. The monoisotopic (exact) mass is 591 g/mol. The Morgan fingerprint density at radius 1 is 1.14 bits per heavy atom. The second-order valence-electron chi connectivity index (χ2n) is 9.34. The van der Waals surface area contributed by atoms with E-state index in [0.717, 1.165) is 10.9 Å². The number of anilines is 1. The fraction of sp³-hybridized carbons (Fsp3) is 0.360. The van der Waals surface area contributed by atoms with Gasteiger partial charge in [0, 0.05) is 70.7 Å². The first-order valence-electron chi connectivity index (χ1n) is 11.6. The number of nitro groups is 1. The number of ether oxygens (including phenoxy) is 1. The van der Waals surface area contributed by atoms with E-state index >= 15 is 0 Å². The first-order chi connectivity index (χ1) is 17.4. The molecule has 1 atom stereocenters. The number of carbonyl (C=O) groups excluding carboxylic acids is 1. The van der Waals surface area contributed by atoms with E-state index in [-0.39, 0.29) is 18.8 Å². The molecule has 1 heterocycles. The van der Waals surface area contributed by atoms with Gasteiger partial charge >= 0.3 is 6.09 Å². The zero-order chi connectivity index (χ0) is 27.2. The Bertz CT molecular complexity index is 1280. The first-order valence-corrected chi connectivity index (χ1v) is 13.4. The highest BCUT2D eigenvalue weighted by atomic mass is 79.9. The second kappa shape index (κ2) is 12.4. The molecule has 0 aliphatic carbocycles. The van der Waals surface area contributed by atoms with Crippen molar-refractivity contribution in [1.29, 1.82) is 0 Å². The molecule has 3 aromatic rings. The number of aryl methyl sites for hydroxylation is 1. The summed E-state index contributed by atoms with van der Waals surface area (Å²) in [4.78, 5) is 29.0. The third kappa shape index (κ3) is 8.20. The number of pyridine rings is 1. The maximum absolute atomic E-state index is 12.9. The SMILES string of the molecule is CC(C)(C)OC(=O)N(CCCc1ccc([N+](=O)[O-])cc1)CCN(c1cc(Br)cc2cnccc12)S(=O)[O-]. The van der Waals surface area contributed by atoms with E-state index in [1.54, 1.807) is 57.4 Å². The smallest absolute Gasteiger partial charge is 0.410 e. The topological polar surface area (TPSA) is 129 Å². The van der Waals surface area contributed by atoms with Gasteiger partial charge < -0.3 is 18.5 Å². The minimum atomic E-state index is -2.60. The molecule has 37 heavy (non-hydrogen) atoms. The fourth-order valence-electron chi connectivity index (χ4n) is 3.73. The van der Waals surface area contributed by atoms with Crippen LogP contribution in [0.5, 0.6) is 0 Å². The standard InChI is InChI=1S/C25H29BrN4O6S/c1-25(2,3)36-24(31)28(12-4-5-18-6-8-21(9-7-18)30(32)33)13-14-29(37(34)35)23-16-20(26)15-19-17-27-11-10-22(19)23/h6-11,15-17H,4-5,12-14H2,1-3H3,(H,34,35)/p-1. The van der Waals surface area contributed by atoms with Gasteiger partial charge in [0.2, 0.25) is 0 Å². The third-order valence-corrected chi connectivity index (χ3v) is 6.61. The number of carbonyl (C=O) groups is 1. The van der Waals surface area contributed by atoms with Crippen molar-refractivity contribution in [3.05, 3.63) is 75.0 Å². The minimum Gasteiger partial charge on any atom is -0.755 e. The zero-order valence-electron chi connectivity index (χ0n) is 20.8. The molecule has 198 valence electrons. The quantitative estimate of drug-likeness (QED) is 0.176. The molecule has 1 amide bonds. The van der Waals surface area contributed by atoms with Crippen molar-refractivity contribution in [2.45, 2.75) is 39.2 Å². The number of hydrogen-bond acceptors (Lipinski definition) is 7. The van der Waals surface area contributed by atoms with Crippen LogP contribution in [0.1, 0.15) is 32.8 Å². The van der Waals surface area contributed by atoms with Crippen LogP contribution in [-0.2, 0) is 22.4 Å². The number of non-ortho nitro benzene ring substituents is 1. The van der Waals surface area contributed by atoms with E-state index in [1.165, 1.54) is 21.3 Å². The zero-order valence-corrected chi connectivity index (χ0v) is 23.2. The van der Waals surface area contributed by atoms with Crippen molar-refractivity contribution in [1.82, 2.24) is 9.88 Å². The summed E-state index contributed by atoms with van der Waals surface area (Å²) in [7, 11) is 0. The van der Waals surface area contributed by atoms with Crippen LogP contribution in [0.25, 0.3) is 10.8 Å². The van der Waals surface area contributed by atoms with Gasteiger partial charge in [-0.1, -0.05) is 28.1 Å². The average molecular weight is 592 g/mol. The van der Waals surface area contributed by atoms with E-state index in [2.05, 4.69) is 20.9 Å². The maximum atomic E-state index is 12.9. The summed E-state index contributed by atoms with van der Waals surface area (Å²) in [6.45, 7) is 5.72. The highest BCUT2D eigenvalue weighted by Crippen LogP contribution is 2.31. The fourth-order valence-corrected chi connectivity index (χ4v) is 4.73. The summed E-state index contributed by atoms with van der Waals surface area (Å²) in [5.74, 6) is 0. The predicted molar refractivity (Wildman–Crippen MR) is 145 cm³/mol. The van der Waals surface area contributed by atoms with Crippen molar-refractivity contribution in [3.63, 3.8) is 0 Å². The molecule has 0 fully saturated rings. The Kier molecular flexibility index (Phi) is 9.57. The lowest BCUT2D eigenvalue weighted by molar-refractivity contribution is -0.384. The van der Waals surface area contributed by atoms with E-state index in [0.29, 0.717) is 34.9 Å². The highest BCUT2D eigenvalue weighted by Gasteiger charge is 2.23. The van der Waals surface area contributed by atoms with E-state index < -0.39 is 27.9 Å². The van der Waals surface area contributed by atoms with Gasteiger partial charge in [-0.15, -0.1) is 0 Å². The molecule has 1 aromatic heterocycles. The van der Waals surface area contributed by atoms with Crippen molar-refractivity contribution in [2.24, 2.45) is 0 Å². The molecule has 0 spiro atoms. The number of benzene rings is 2. The number of nitro benzene ring substituents is 1. The van der Waals surface area contributed by atoms with Crippen molar-refractivity contribution in [3.8, 4) is 0 Å². The van der Waals surface area contributed by atoms with Crippen LogP contribution in [0.2, 0.25) is 0 Å². The van der Waals surface area contributed by atoms with Crippen molar-refractivity contribution >= 4 is 55.4 Å². The molecule has 2 aromatic carbocycles.